The van der Waals surface area contributed by atoms with Crippen molar-refractivity contribution in [2.75, 3.05) is 11.5 Å². The summed E-state index contributed by atoms with van der Waals surface area (Å²) in [6, 6.07) is 0.559. The molecule has 1 fully saturated rings. The summed E-state index contributed by atoms with van der Waals surface area (Å²) < 4.78 is 37.4. The van der Waals surface area contributed by atoms with Crippen LogP contribution in [-0.4, -0.2) is 28.4 Å². The van der Waals surface area contributed by atoms with Gasteiger partial charge in [-0.1, -0.05) is 0 Å². The number of alkyl halides is 3. The number of carbonyl (C=O) groups excluding carboxylic acids is 1. The van der Waals surface area contributed by atoms with E-state index in [1.54, 1.807) is 11.8 Å². The highest BCUT2D eigenvalue weighted by Crippen LogP contribution is 2.26. The highest BCUT2D eigenvalue weighted by molar-refractivity contribution is 8.00. The summed E-state index contributed by atoms with van der Waals surface area (Å²) in [7, 11) is 0. The third-order valence-electron chi connectivity index (χ3n) is 2.44. The Balaban J connectivity index is 2.23. The Hall–Kier alpha value is -1.44. The van der Waals surface area contributed by atoms with Crippen molar-refractivity contribution in [3.8, 4) is 0 Å². The molecule has 1 saturated heterocycles. The van der Waals surface area contributed by atoms with Crippen molar-refractivity contribution in [2.45, 2.75) is 12.2 Å². The molecule has 0 saturated carbocycles. The van der Waals surface area contributed by atoms with Gasteiger partial charge in [-0.05, 0) is 6.07 Å². The van der Waals surface area contributed by atoms with E-state index in [1.807, 2.05) is 4.98 Å². The number of carbonyl (C=O) groups is 1. The minimum atomic E-state index is -4.77. The second-order valence-electron chi connectivity index (χ2n) is 3.84. The summed E-state index contributed by atoms with van der Waals surface area (Å²) in [5, 5.41) is 2.58. The van der Waals surface area contributed by atoms with Gasteiger partial charge >= 0.3 is 6.18 Å². The van der Waals surface area contributed by atoms with Gasteiger partial charge in [-0.25, -0.2) is 0 Å². The van der Waals surface area contributed by atoms with Crippen molar-refractivity contribution < 1.29 is 18.0 Å². The number of aromatic nitrogens is 1. The maximum absolute atomic E-state index is 12.5. The Morgan fingerprint density at radius 2 is 2.11 bits per heavy atom. The van der Waals surface area contributed by atoms with Crippen LogP contribution in [0.1, 0.15) is 15.9 Å². The van der Waals surface area contributed by atoms with Crippen molar-refractivity contribution in [3.05, 3.63) is 33.7 Å². The van der Waals surface area contributed by atoms with Crippen LogP contribution < -0.4 is 10.9 Å². The second-order valence-corrected chi connectivity index (χ2v) is 4.91. The van der Waals surface area contributed by atoms with E-state index in [9.17, 15) is 22.8 Å². The first-order chi connectivity index (χ1) is 8.38. The van der Waals surface area contributed by atoms with E-state index in [1.165, 1.54) is 0 Å². The first-order valence-electron chi connectivity index (χ1n) is 5.06. The molecule has 1 aromatic heterocycles. The molecule has 0 aromatic carbocycles. The molecule has 2 rings (SSSR count). The van der Waals surface area contributed by atoms with Crippen molar-refractivity contribution in [3.63, 3.8) is 0 Å². The van der Waals surface area contributed by atoms with E-state index in [2.05, 4.69) is 5.32 Å². The molecule has 1 amide bonds. The maximum atomic E-state index is 12.5. The number of amides is 1. The summed E-state index contributed by atoms with van der Waals surface area (Å²) in [4.78, 5) is 24.6. The zero-order valence-corrected chi connectivity index (χ0v) is 9.82. The van der Waals surface area contributed by atoms with Crippen molar-refractivity contribution in [1.82, 2.24) is 10.3 Å². The molecule has 98 valence electrons. The molecular weight excluding hydrogens is 269 g/mol. The van der Waals surface area contributed by atoms with Crippen LogP contribution in [0, 0.1) is 0 Å². The highest BCUT2D eigenvalue weighted by Gasteiger charge is 2.34. The van der Waals surface area contributed by atoms with Gasteiger partial charge in [0.05, 0.1) is 5.56 Å². The summed E-state index contributed by atoms with van der Waals surface area (Å²) in [6.45, 7) is 0. The maximum Gasteiger partial charge on any atom is 0.421 e. The number of rotatable bonds is 2. The van der Waals surface area contributed by atoms with Crippen LogP contribution in [0.4, 0.5) is 13.2 Å². The van der Waals surface area contributed by atoms with Gasteiger partial charge in [-0.15, -0.1) is 0 Å². The quantitative estimate of drug-likeness (QED) is 0.855. The largest absolute Gasteiger partial charge is 0.421 e. The van der Waals surface area contributed by atoms with Crippen molar-refractivity contribution in [2.24, 2.45) is 0 Å². The molecular formula is C10H9F3N2O2S. The van der Waals surface area contributed by atoms with Gasteiger partial charge in [0.15, 0.2) is 0 Å². The summed E-state index contributed by atoms with van der Waals surface area (Å²) >= 11 is 1.64. The van der Waals surface area contributed by atoms with Crippen LogP contribution in [0.3, 0.4) is 0 Å². The second kappa shape index (κ2) is 4.68. The molecule has 0 atom stereocenters. The number of halogens is 3. The number of hydrogen-bond acceptors (Lipinski definition) is 3. The lowest BCUT2D eigenvalue weighted by Crippen LogP contribution is -2.44. The standard InChI is InChI=1S/C10H9F3N2O2S/c11-10(12,13)7-1-5(2-14-9(7)17)8(16)15-6-3-18-4-6/h1-2,6H,3-4H2,(H,14,17)(H,15,16). The van der Waals surface area contributed by atoms with Crippen LogP contribution in [0.5, 0.6) is 0 Å². The predicted octanol–water partition coefficient (Wildman–Crippen LogP) is 1.24. The van der Waals surface area contributed by atoms with E-state index in [4.69, 9.17) is 0 Å². The Morgan fingerprint density at radius 1 is 1.44 bits per heavy atom. The van der Waals surface area contributed by atoms with E-state index in [0.717, 1.165) is 17.7 Å². The fraction of sp³-hybridized carbons (Fsp3) is 0.400. The lowest BCUT2D eigenvalue weighted by atomic mass is 10.2. The summed E-state index contributed by atoms with van der Waals surface area (Å²) in [6.07, 6.45) is -3.78. The lowest BCUT2D eigenvalue weighted by Gasteiger charge is -2.25. The number of hydrogen-bond donors (Lipinski definition) is 2. The molecule has 2 N–H and O–H groups in total. The van der Waals surface area contributed by atoms with E-state index < -0.39 is 23.2 Å². The summed E-state index contributed by atoms with van der Waals surface area (Å²) in [5.41, 5.74) is -2.81. The monoisotopic (exact) mass is 278 g/mol. The third kappa shape index (κ3) is 2.69. The Kier molecular flexibility index (Phi) is 3.38. The van der Waals surface area contributed by atoms with Crippen molar-refractivity contribution in [1.29, 1.82) is 0 Å². The predicted molar refractivity (Wildman–Crippen MR) is 60.6 cm³/mol. The number of nitrogens with one attached hydrogen (secondary N) is 2. The molecule has 0 spiro atoms. The molecule has 0 aliphatic carbocycles. The molecule has 0 bridgehead atoms. The van der Waals surface area contributed by atoms with Gasteiger partial charge in [0.2, 0.25) is 0 Å². The van der Waals surface area contributed by atoms with E-state index in [-0.39, 0.29) is 11.6 Å². The topological polar surface area (TPSA) is 62.0 Å². The van der Waals surface area contributed by atoms with Gasteiger partial charge in [0.25, 0.3) is 11.5 Å². The van der Waals surface area contributed by atoms with Crippen LogP contribution in [0.25, 0.3) is 0 Å². The SMILES string of the molecule is O=C(NC1CSC1)c1c[nH]c(=O)c(C(F)(F)F)c1. The Morgan fingerprint density at radius 3 is 2.61 bits per heavy atom. The minimum Gasteiger partial charge on any atom is -0.348 e. The van der Waals surface area contributed by atoms with Crippen LogP contribution >= 0.6 is 11.8 Å². The minimum absolute atomic E-state index is 0.0104. The van der Waals surface area contributed by atoms with Crippen LogP contribution in [0.15, 0.2) is 17.1 Å². The van der Waals surface area contributed by atoms with Gasteiger partial charge in [0, 0.05) is 23.7 Å². The molecule has 1 aliphatic heterocycles. The Labute approximate surface area is 104 Å². The molecule has 0 radical (unpaired) electrons. The third-order valence-corrected chi connectivity index (χ3v) is 3.72. The smallest absolute Gasteiger partial charge is 0.348 e. The molecule has 8 heteroatoms. The van der Waals surface area contributed by atoms with Crippen LogP contribution in [0.2, 0.25) is 0 Å². The lowest BCUT2D eigenvalue weighted by molar-refractivity contribution is -0.138. The first-order valence-corrected chi connectivity index (χ1v) is 6.22. The van der Waals surface area contributed by atoms with Gasteiger partial charge < -0.3 is 10.3 Å². The van der Waals surface area contributed by atoms with Crippen LogP contribution in [-0.2, 0) is 6.18 Å². The zero-order valence-electron chi connectivity index (χ0n) is 9.00. The van der Waals surface area contributed by atoms with Gasteiger partial charge in [-0.3, -0.25) is 9.59 Å². The normalized spacial score (nSPS) is 16.2. The van der Waals surface area contributed by atoms with Gasteiger partial charge in [0.1, 0.15) is 5.56 Å². The fourth-order valence-electron chi connectivity index (χ4n) is 1.41. The number of thioether (sulfide) groups is 1. The average Bonchev–Trinajstić information content (AvgIpc) is 2.22. The number of H-pyrrole nitrogens is 1. The Bertz CT molecular complexity index is 523. The molecule has 0 unspecified atom stereocenters. The fourth-order valence-corrected chi connectivity index (χ4v) is 2.05. The zero-order chi connectivity index (χ0) is 13.3. The molecule has 18 heavy (non-hydrogen) atoms. The molecule has 4 nitrogen and oxygen atoms in total. The first kappa shape index (κ1) is 13.0. The van der Waals surface area contributed by atoms with E-state index >= 15 is 0 Å². The van der Waals surface area contributed by atoms with Crippen molar-refractivity contribution >= 4 is 17.7 Å². The molecule has 2 heterocycles. The molecule has 1 aromatic rings. The van der Waals surface area contributed by atoms with E-state index in [0.29, 0.717) is 6.07 Å². The number of pyridine rings is 1. The average molecular weight is 278 g/mol. The summed E-state index contributed by atoms with van der Waals surface area (Å²) in [5.74, 6) is 0.893. The van der Waals surface area contributed by atoms with Gasteiger partial charge in [-0.2, -0.15) is 24.9 Å². The molecule has 1 aliphatic rings. The highest BCUT2D eigenvalue weighted by atomic mass is 32.2. The number of aromatic amines is 1.